The van der Waals surface area contributed by atoms with Crippen molar-refractivity contribution in [1.29, 1.82) is 0 Å². The quantitative estimate of drug-likeness (QED) is 0.569. The molecule has 4 nitrogen and oxygen atoms in total. The predicted octanol–water partition coefficient (Wildman–Crippen LogP) is 5.37. The van der Waals surface area contributed by atoms with Gasteiger partial charge in [-0.2, -0.15) is 0 Å². The van der Waals surface area contributed by atoms with Gasteiger partial charge in [-0.1, -0.05) is 23.2 Å². The minimum atomic E-state index is -0.759. The number of hydrogen-bond donors (Lipinski definition) is 0. The number of ether oxygens (including phenoxy) is 1. The first-order chi connectivity index (χ1) is 12.2. The van der Waals surface area contributed by atoms with Crippen molar-refractivity contribution in [2.45, 2.75) is 27.7 Å². The van der Waals surface area contributed by atoms with Crippen molar-refractivity contribution in [3.05, 3.63) is 63.3 Å². The lowest BCUT2D eigenvalue weighted by Gasteiger charge is -2.17. The fourth-order valence-corrected chi connectivity index (χ4v) is 2.55. The highest BCUT2D eigenvalue weighted by molar-refractivity contribution is 6.30. The summed E-state index contributed by atoms with van der Waals surface area (Å²) in [6.07, 6.45) is 0. The fraction of sp³-hybridized carbons (Fsp3) is 0.238. The third kappa shape index (κ3) is 3.51. The van der Waals surface area contributed by atoms with Crippen LogP contribution < -0.4 is 10.2 Å². The van der Waals surface area contributed by atoms with Gasteiger partial charge in [0.1, 0.15) is 5.58 Å². The van der Waals surface area contributed by atoms with E-state index in [2.05, 4.69) is 0 Å². The molecule has 3 rings (SSSR count). The molecular weight excluding hydrogens is 352 g/mol. The summed E-state index contributed by atoms with van der Waals surface area (Å²) in [5.41, 5.74) is 0.812. The summed E-state index contributed by atoms with van der Waals surface area (Å²) in [5.74, 6) is -0.405. The number of fused-ring (bicyclic) bond motifs is 1. The molecule has 2 aromatic carbocycles. The monoisotopic (exact) mass is 370 g/mol. The smallest absolute Gasteiger partial charge is 0.316 e. The largest absolute Gasteiger partial charge is 0.452 e. The zero-order valence-corrected chi connectivity index (χ0v) is 15.8. The van der Waals surface area contributed by atoms with Gasteiger partial charge in [0.2, 0.25) is 11.2 Å². The Labute approximate surface area is 156 Å². The summed E-state index contributed by atoms with van der Waals surface area (Å²) < 4.78 is 11.4. The Balaban J connectivity index is 2.28. The highest BCUT2D eigenvalue weighted by Gasteiger charge is 2.28. The van der Waals surface area contributed by atoms with Gasteiger partial charge in [-0.15, -0.1) is 0 Å². The van der Waals surface area contributed by atoms with Crippen molar-refractivity contribution in [2.24, 2.45) is 5.41 Å². The Morgan fingerprint density at radius 3 is 2.35 bits per heavy atom. The molecule has 5 heteroatoms. The molecule has 0 spiro atoms. The minimum Gasteiger partial charge on any atom is -0.452 e. The topological polar surface area (TPSA) is 56.5 Å². The molecule has 1 heterocycles. The number of halogens is 1. The third-order valence-corrected chi connectivity index (χ3v) is 4.17. The van der Waals surface area contributed by atoms with Crippen LogP contribution in [0.25, 0.3) is 22.3 Å². The van der Waals surface area contributed by atoms with Crippen LogP contribution in [0.15, 0.2) is 51.7 Å². The van der Waals surface area contributed by atoms with E-state index in [0.717, 1.165) is 5.56 Å². The Morgan fingerprint density at radius 2 is 1.73 bits per heavy atom. The van der Waals surface area contributed by atoms with Crippen molar-refractivity contribution < 1.29 is 13.9 Å². The maximum atomic E-state index is 13.0. The molecule has 0 saturated heterocycles. The van der Waals surface area contributed by atoms with Crippen LogP contribution in [0.5, 0.6) is 5.75 Å². The summed E-state index contributed by atoms with van der Waals surface area (Å²) in [5, 5.41) is 0.931. The number of carbonyl (C=O) groups excluding carboxylic acids is 1. The number of benzene rings is 2. The molecule has 0 fully saturated rings. The van der Waals surface area contributed by atoms with Gasteiger partial charge in [0.15, 0.2) is 5.76 Å². The van der Waals surface area contributed by atoms with Crippen molar-refractivity contribution in [3.8, 4) is 17.1 Å². The molecule has 0 radical (unpaired) electrons. The Hall–Kier alpha value is -2.59. The van der Waals surface area contributed by atoms with Gasteiger partial charge in [0, 0.05) is 10.6 Å². The Morgan fingerprint density at radius 1 is 1.08 bits per heavy atom. The molecule has 0 aliphatic heterocycles. The average molecular weight is 371 g/mol. The number of carbonyl (C=O) groups is 1. The highest BCUT2D eigenvalue weighted by atomic mass is 35.5. The maximum absolute atomic E-state index is 13.0. The molecule has 0 unspecified atom stereocenters. The fourth-order valence-electron chi connectivity index (χ4n) is 2.42. The predicted molar refractivity (Wildman–Crippen MR) is 103 cm³/mol. The van der Waals surface area contributed by atoms with E-state index in [1.54, 1.807) is 57.2 Å². The third-order valence-electron chi connectivity index (χ3n) is 3.92. The molecule has 0 amide bonds. The van der Waals surface area contributed by atoms with Gasteiger partial charge in [-0.05, 0) is 64.1 Å². The highest BCUT2D eigenvalue weighted by Crippen LogP contribution is 2.33. The number of aryl methyl sites for hydroxylation is 1. The second-order valence-electron chi connectivity index (χ2n) is 7.24. The average Bonchev–Trinajstić information content (AvgIpc) is 2.57. The molecular formula is C21H19ClO4. The first-order valence-corrected chi connectivity index (χ1v) is 8.60. The molecule has 0 saturated carbocycles. The van der Waals surface area contributed by atoms with Crippen LogP contribution in [0.3, 0.4) is 0 Å². The van der Waals surface area contributed by atoms with Crippen LogP contribution >= 0.6 is 11.6 Å². The second kappa shape index (κ2) is 6.61. The molecule has 0 bridgehead atoms. The molecule has 26 heavy (non-hydrogen) atoms. The van der Waals surface area contributed by atoms with Crippen LogP contribution in [0.2, 0.25) is 5.02 Å². The lowest BCUT2D eigenvalue weighted by Crippen LogP contribution is -2.28. The van der Waals surface area contributed by atoms with Crippen molar-refractivity contribution in [3.63, 3.8) is 0 Å². The molecule has 0 aliphatic rings. The summed E-state index contributed by atoms with van der Waals surface area (Å²) in [7, 11) is 0. The first kappa shape index (κ1) is 18.2. The Bertz CT molecular complexity index is 1040. The lowest BCUT2D eigenvalue weighted by atomic mass is 9.97. The summed E-state index contributed by atoms with van der Waals surface area (Å²) in [6.45, 7) is 7.06. The van der Waals surface area contributed by atoms with Crippen molar-refractivity contribution >= 4 is 28.5 Å². The van der Waals surface area contributed by atoms with Crippen LogP contribution in [-0.4, -0.2) is 5.97 Å². The molecule has 134 valence electrons. The van der Waals surface area contributed by atoms with E-state index in [9.17, 15) is 9.59 Å². The van der Waals surface area contributed by atoms with Gasteiger partial charge in [0.25, 0.3) is 0 Å². The molecule has 1 aromatic heterocycles. The van der Waals surface area contributed by atoms with E-state index in [4.69, 9.17) is 20.8 Å². The SMILES string of the molecule is Cc1ccc2oc(-c3ccc(Cl)cc3)c(OC(=O)C(C)(C)C)c(=O)c2c1. The molecule has 0 atom stereocenters. The van der Waals surface area contributed by atoms with Crippen LogP contribution in [-0.2, 0) is 4.79 Å². The minimum absolute atomic E-state index is 0.106. The lowest BCUT2D eigenvalue weighted by molar-refractivity contribution is -0.143. The number of esters is 1. The summed E-state index contributed by atoms with van der Waals surface area (Å²) in [4.78, 5) is 25.4. The second-order valence-corrected chi connectivity index (χ2v) is 7.67. The van der Waals surface area contributed by atoms with E-state index in [0.29, 0.717) is 21.6 Å². The van der Waals surface area contributed by atoms with Crippen LogP contribution in [0.1, 0.15) is 26.3 Å². The van der Waals surface area contributed by atoms with E-state index >= 15 is 0 Å². The van der Waals surface area contributed by atoms with Gasteiger partial charge in [-0.3, -0.25) is 9.59 Å². The number of hydrogen-bond acceptors (Lipinski definition) is 4. The van der Waals surface area contributed by atoms with Crippen molar-refractivity contribution in [1.82, 2.24) is 0 Å². The molecule has 3 aromatic rings. The number of rotatable bonds is 2. The van der Waals surface area contributed by atoms with Gasteiger partial charge < -0.3 is 9.15 Å². The van der Waals surface area contributed by atoms with E-state index < -0.39 is 11.4 Å². The zero-order chi connectivity index (χ0) is 19.1. The van der Waals surface area contributed by atoms with E-state index in [1.165, 1.54) is 0 Å². The summed E-state index contributed by atoms with van der Waals surface area (Å²) >= 11 is 5.95. The van der Waals surface area contributed by atoms with Gasteiger partial charge in [-0.25, -0.2) is 0 Å². The summed E-state index contributed by atoms with van der Waals surface area (Å²) in [6, 6.07) is 12.1. The van der Waals surface area contributed by atoms with Gasteiger partial charge in [0.05, 0.1) is 10.8 Å². The van der Waals surface area contributed by atoms with E-state index in [1.807, 2.05) is 13.0 Å². The zero-order valence-electron chi connectivity index (χ0n) is 15.1. The van der Waals surface area contributed by atoms with Gasteiger partial charge >= 0.3 is 5.97 Å². The van der Waals surface area contributed by atoms with Crippen molar-refractivity contribution in [2.75, 3.05) is 0 Å². The van der Waals surface area contributed by atoms with E-state index in [-0.39, 0.29) is 16.9 Å². The molecule has 0 N–H and O–H groups in total. The maximum Gasteiger partial charge on any atom is 0.316 e. The normalized spacial score (nSPS) is 11.6. The van der Waals surface area contributed by atoms with Crippen LogP contribution in [0.4, 0.5) is 0 Å². The van der Waals surface area contributed by atoms with Crippen LogP contribution in [0, 0.1) is 12.3 Å². The Kier molecular flexibility index (Phi) is 4.63. The standard InChI is InChI=1S/C21H19ClO4/c1-12-5-10-16-15(11-12)17(23)19(26-20(24)21(2,3)4)18(25-16)13-6-8-14(22)9-7-13/h5-11H,1-4H3. The first-order valence-electron chi connectivity index (χ1n) is 8.22. The molecule has 0 aliphatic carbocycles.